The monoisotopic (exact) mass is 431 g/mol. The second-order valence-electron chi connectivity index (χ2n) is 5.91. The Bertz CT molecular complexity index is 853. The molecular weight excluding hydrogens is 414 g/mol. The minimum absolute atomic E-state index is 0. The molecule has 1 aromatic carbocycles. The van der Waals surface area contributed by atoms with Gasteiger partial charge in [-0.1, -0.05) is 35.6 Å². The van der Waals surface area contributed by atoms with E-state index in [1.165, 1.54) is 6.20 Å². The molecule has 1 fully saturated rings. The van der Waals surface area contributed by atoms with Crippen LogP contribution in [0.3, 0.4) is 0 Å². The van der Waals surface area contributed by atoms with E-state index in [-0.39, 0.29) is 48.7 Å². The maximum atomic E-state index is 12.5. The molecule has 0 amide bonds. The molecule has 0 spiro atoms. The average molecular weight is 431 g/mol. The van der Waals surface area contributed by atoms with Gasteiger partial charge in [0.1, 0.15) is 24.4 Å². The molecule has 150 valence electrons. The van der Waals surface area contributed by atoms with Crippen molar-refractivity contribution >= 4 is 27.9 Å². The van der Waals surface area contributed by atoms with Gasteiger partial charge in [-0.2, -0.15) is 0 Å². The molecule has 1 aliphatic rings. The molecule has 3 rings (SSSR count). The van der Waals surface area contributed by atoms with E-state index in [9.17, 15) is 25.2 Å². The Balaban J connectivity index is 0.00000280. The van der Waals surface area contributed by atoms with Crippen molar-refractivity contribution in [2.24, 2.45) is 0 Å². The van der Waals surface area contributed by atoms with Gasteiger partial charge in [0.2, 0.25) is 5.78 Å². The molecule has 0 aliphatic carbocycles. The third-order valence-corrected chi connectivity index (χ3v) is 5.07. The van der Waals surface area contributed by atoms with Crippen molar-refractivity contribution < 1.29 is 67.7 Å². The number of benzene rings is 1. The Morgan fingerprint density at radius 2 is 1.89 bits per heavy atom. The molecule has 5 N–H and O–H groups in total. The summed E-state index contributed by atoms with van der Waals surface area (Å²) < 4.78 is 5.35. The van der Waals surface area contributed by atoms with Gasteiger partial charge in [-0.25, -0.2) is 9.83 Å². The molecule has 2 aromatic rings. The molecule has 0 bridgehead atoms. The van der Waals surface area contributed by atoms with E-state index in [4.69, 9.17) is 11.3 Å². The molecule has 11 heteroatoms. The number of nitrogens with zero attached hydrogens (tertiary/aromatic N) is 2. The molecule has 2 heterocycles. The molecule has 1 aliphatic heterocycles. The second kappa shape index (κ2) is 10.1. The van der Waals surface area contributed by atoms with Crippen LogP contribution in [0.1, 0.15) is 15.2 Å². The van der Waals surface area contributed by atoms with Crippen LogP contribution in [-0.4, -0.2) is 68.4 Å². The number of thiazole rings is 1. The summed E-state index contributed by atoms with van der Waals surface area (Å²) >= 11 is 1.02. The molecular formula is C17H17ArN3O6S. The van der Waals surface area contributed by atoms with Crippen molar-refractivity contribution in [2.45, 2.75) is 30.6 Å². The van der Waals surface area contributed by atoms with E-state index in [2.05, 4.69) is 15.1 Å². The number of anilines is 1. The summed E-state index contributed by atoms with van der Waals surface area (Å²) in [7, 11) is 0. The predicted molar refractivity (Wildman–Crippen MR) is 95.6 cm³/mol. The van der Waals surface area contributed by atoms with Crippen LogP contribution in [0.2, 0.25) is 0 Å². The average Bonchev–Trinajstić information content (AvgIpc) is 3.16. The number of carbonyl (C=O) groups is 1. The van der Waals surface area contributed by atoms with Crippen LogP contribution in [0.4, 0.5) is 10.8 Å². The van der Waals surface area contributed by atoms with Gasteiger partial charge >= 0.3 is 0 Å². The van der Waals surface area contributed by atoms with E-state index in [1.54, 1.807) is 24.3 Å². The number of aliphatic hydroxyl groups is 4. The topological polar surface area (TPSA) is 136 Å². The maximum absolute atomic E-state index is 12.5. The van der Waals surface area contributed by atoms with Crippen molar-refractivity contribution in [3.05, 3.63) is 52.3 Å². The first kappa shape index (κ1) is 23.2. The Hall–Kier alpha value is -1.13. The summed E-state index contributed by atoms with van der Waals surface area (Å²) in [5.41, 5.74) is 0.839. The van der Waals surface area contributed by atoms with Crippen LogP contribution in [0.15, 0.2) is 30.5 Å². The molecule has 28 heavy (non-hydrogen) atoms. The Kier molecular flexibility index (Phi) is 8.32. The molecule has 1 saturated heterocycles. The van der Waals surface area contributed by atoms with Crippen molar-refractivity contribution in [3.8, 4) is 0 Å². The van der Waals surface area contributed by atoms with Gasteiger partial charge in [0.15, 0.2) is 17.0 Å². The van der Waals surface area contributed by atoms with Crippen molar-refractivity contribution in [1.82, 2.24) is 4.98 Å². The summed E-state index contributed by atoms with van der Waals surface area (Å²) in [6.45, 7) is 6.39. The van der Waals surface area contributed by atoms with E-state index in [1.807, 2.05) is 0 Å². The fourth-order valence-electron chi connectivity index (χ4n) is 2.62. The number of ketones is 1. The zero-order chi connectivity index (χ0) is 19.6. The van der Waals surface area contributed by atoms with E-state index >= 15 is 0 Å². The molecule has 0 radical (unpaired) electrons. The van der Waals surface area contributed by atoms with Crippen LogP contribution < -0.4 is 5.32 Å². The SMILES string of the molecule is [Ar].[C-]#[N+]c1ccc(C(=O)c2cnc(N[C@H]3OC(CO)[C@@H](O)[C@H](O)C3O)s2)cc1. The number of ether oxygens (including phenoxy) is 1. The largest absolute Gasteiger partial charge is 0.394 e. The fraction of sp³-hybridized carbons (Fsp3) is 0.353. The third kappa shape index (κ3) is 4.88. The van der Waals surface area contributed by atoms with E-state index < -0.39 is 37.3 Å². The molecule has 0 saturated carbocycles. The van der Waals surface area contributed by atoms with E-state index in [0.29, 0.717) is 16.1 Å². The first-order chi connectivity index (χ1) is 12.9. The van der Waals surface area contributed by atoms with Crippen molar-refractivity contribution in [2.75, 3.05) is 11.9 Å². The number of hydrogen-bond acceptors (Lipinski definition) is 9. The normalized spacial score (nSPS) is 26.8. The smallest absolute Gasteiger partial charge is 0.204 e. The standard InChI is InChI=1S/C17H17N3O6S.Ar/c1-18-9-4-2-8(3-5-9)12(22)11-6-19-17(27-11)20-16-15(25)14(24)13(23)10(7-21)26-16;/h2-6,10,13-16,21,23-25H,7H2,(H,19,20);/t10?,13-,14+,15?,16+;/m1./s1. The van der Waals surface area contributed by atoms with Gasteiger partial charge in [0.05, 0.1) is 24.3 Å². The third-order valence-electron chi connectivity index (χ3n) is 4.15. The summed E-state index contributed by atoms with van der Waals surface area (Å²) in [5.74, 6) is -0.272. The molecule has 5 atom stereocenters. The molecule has 2 unspecified atom stereocenters. The van der Waals surface area contributed by atoms with E-state index in [0.717, 1.165) is 11.3 Å². The summed E-state index contributed by atoms with van der Waals surface area (Å²) in [6.07, 6.45) is -5.20. The van der Waals surface area contributed by atoms with Crippen LogP contribution in [0.5, 0.6) is 0 Å². The molecule has 1 aromatic heterocycles. The number of nitrogens with one attached hydrogen (secondary N) is 1. The van der Waals surface area contributed by atoms with Gasteiger partial charge < -0.3 is 30.5 Å². The second-order valence-corrected chi connectivity index (χ2v) is 6.94. The van der Waals surface area contributed by atoms with Gasteiger partial charge in [0, 0.05) is 43.3 Å². The first-order valence-electron chi connectivity index (χ1n) is 7.99. The zero-order valence-electron chi connectivity index (χ0n) is 14.2. The predicted octanol–water partition coefficient (Wildman–Crippen LogP) is 0.137. The summed E-state index contributed by atoms with van der Waals surface area (Å²) in [5, 5.41) is 41.8. The Morgan fingerprint density at radius 1 is 1.21 bits per heavy atom. The first-order valence-corrected chi connectivity index (χ1v) is 8.81. The van der Waals surface area contributed by atoms with Crippen molar-refractivity contribution in [3.63, 3.8) is 0 Å². The number of hydrogen-bond donors (Lipinski definition) is 5. The maximum Gasteiger partial charge on any atom is 0.204 e. The Labute approximate surface area is 194 Å². The van der Waals surface area contributed by atoms with Gasteiger partial charge in [-0.05, 0) is 0 Å². The fourth-order valence-corrected chi connectivity index (χ4v) is 3.42. The van der Waals surface area contributed by atoms with Crippen molar-refractivity contribution in [1.29, 1.82) is 0 Å². The number of aromatic nitrogens is 1. The van der Waals surface area contributed by atoms with Gasteiger partial charge in [-0.3, -0.25) is 4.79 Å². The van der Waals surface area contributed by atoms with Crippen LogP contribution in [0, 0.1) is 44.3 Å². The van der Waals surface area contributed by atoms with Crippen LogP contribution in [-0.2, 0) is 4.74 Å². The zero-order valence-corrected chi connectivity index (χ0v) is 15.8. The van der Waals surface area contributed by atoms with Crippen LogP contribution >= 0.6 is 11.3 Å². The Morgan fingerprint density at radius 3 is 2.50 bits per heavy atom. The number of carbonyl (C=O) groups excluding carboxylic acids is 1. The summed E-state index contributed by atoms with van der Waals surface area (Å²) in [4.78, 5) is 20.1. The van der Waals surface area contributed by atoms with Gasteiger partial charge in [-0.15, -0.1) is 0 Å². The quantitative estimate of drug-likeness (QED) is 0.333. The van der Waals surface area contributed by atoms with Gasteiger partial charge in [0.25, 0.3) is 0 Å². The summed E-state index contributed by atoms with van der Waals surface area (Å²) in [6, 6.07) is 6.21. The van der Waals surface area contributed by atoms with Crippen LogP contribution in [0.25, 0.3) is 4.85 Å². The minimum Gasteiger partial charge on any atom is -0.394 e. The number of rotatable bonds is 5. The minimum atomic E-state index is -1.50. The number of aliphatic hydroxyl groups excluding tert-OH is 4. The molecule has 9 nitrogen and oxygen atoms in total.